The van der Waals surface area contributed by atoms with Crippen LogP contribution in [0.3, 0.4) is 0 Å². The van der Waals surface area contributed by atoms with Crippen LogP contribution in [0, 0.1) is 0 Å². The maximum absolute atomic E-state index is 13.9. The molecule has 4 aromatic rings. The molecule has 4 heterocycles. The van der Waals surface area contributed by atoms with E-state index in [1.807, 2.05) is 72.2 Å². The second-order valence-corrected chi connectivity index (χ2v) is 9.19. The maximum Gasteiger partial charge on any atom is 0.271 e. The van der Waals surface area contributed by atoms with Gasteiger partial charge in [0.1, 0.15) is 17.0 Å². The smallest absolute Gasteiger partial charge is 0.271 e. The van der Waals surface area contributed by atoms with Crippen molar-refractivity contribution in [3.8, 4) is 23.0 Å². The quantitative estimate of drug-likeness (QED) is 0.444. The third-order valence-corrected chi connectivity index (χ3v) is 6.84. The molecule has 6 rings (SSSR count). The summed E-state index contributed by atoms with van der Waals surface area (Å²) in [6, 6.07) is 22.6. The lowest BCUT2D eigenvalue weighted by Crippen LogP contribution is -2.63. The van der Waals surface area contributed by atoms with Crippen molar-refractivity contribution in [2.24, 2.45) is 0 Å². The number of ether oxygens (including phenoxy) is 2. The largest absolute Gasteiger partial charge is 0.463 e. The first-order valence-corrected chi connectivity index (χ1v) is 11.8. The highest BCUT2D eigenvalue weighted by Gasteiger charge is 2.48. The number of aromatic nitrogens is 1. The van der Waals surface area contributed by atoms with Crippen LogP contribution in [0.5, 0.6) is 11.5 Å². The molecule has 2 aromatic carbocycles. The van der Waals surface area contributed by atoms with Crippen molar-refractivity contribution in [3.05, 3.63) is 95.9 Å². The Labute approximate surface area is 208 Å². The number of benzene rings is 2. The van der Waals surface area contributed by atoms with Gasteiger partial charge in [-0.15, -0.1) is 0 Å². The van der Waals surface area contributed by atoms with Crippen LogP contribution < -0.4 is 14.8 Å². The Kier molecular flexibility index (Phi) is 5.29. The lowest BCUT2D eigenvalue weighted by atomic mass is 9.93. The number of furan rings is 1. The van der Waals surface area contributed by atoms with Gasteiger partial charge in [0.05, 0.1) is 18.5 Å². The highest BCUT2D eigenvalue weighted by molar-refractivity contribution is 6.00. The molecule has 0 saturated carbocycles. The molecule has 0 radical (unpaired) electrons. The molecule has 8 nitrogen and oxygen atoms in total. The molecule has 8 heteroatoms. The Bertz CT molecular complexity index is 1430. The van der Waals surface area contributed by atoms with Crippen molar-refractivity contribution in [2.45, 2.75) is 32.1 Å². The lowest BCUT2D eigenvalue weighted by Gasteiger charge is -2.44. The molecule has 1 atom stereocenters. The van der Waals surface area contributed by atoms with Crippen molar-refractivity contribution < 1.29 is 23.5 Å². The van der Waals surface area contributed by atoms with Gasteiger partial charge in [0.25, 0.3) is 5.91 Å². The van der Waals surface area contributed by atoms with Crippen LogP contribution in [0.25, 0.3) is 11.5 Å². The van der Waals surface area contributed by atoms with Gasteiger partial charge < -0.3 is 28.7 Å². The molecular formula is C28H25N3O5. The molecule has 0 bridgehead atoms. The number of rotatable bonds is 6. The summed E-state index contributed by atoms with van der Waals surface area (Å²) >= 11 is 0. The summed E-state index contributed by atoms with van der Waals surface area (Å²) in [5.74, 6) is 1.49. The van der Waals surface area contributed by atoms with E-state index in [1.165, 1.54) is 0 Å². The SMILES string of the molecule is CC1(C(=O)NCc2ccccc2)Cn2c(ccc2-c2ccco2)C(=O)N1Cc1ccc2c(c1)OCO2. The fraction of sp³-hybridized carbons (Fsp3) is 0.214. The molecular weight excluding hydrogens is 458 g/mol. The van der Waals surface area contributed by atoms with Crippen molar-refractivity contribution in [1.82, 2.24) is 14.8 Å². The van der Waals surface area contributed by atoms with Crippen LogP contribution in [0.2, 0.25) is 0 Å². The van der Waals surface area contributed by atoms with Crippen LogP contribution >= 0.6 is 0 Å². The monoisotopic (exact) mass is 483 g/mol. The van der Waals surface area contributed by atoms with Crippen molar-refractivity contribution >= 4 is 11.8 Å². The van der Waals surface area contributed by atoms with E-state index in [9.17, 15) is 9.59 Å². The summed E-state index contributed by atoms with van der Waals surface area (Å²) in [5.41, 5.74) is 1.94. The lowest BCUT2D eigenvalue weighted by molar-refractivity contribution is -0.133. The second kappa shape index (κ2) is 8.64. The van der Waals surface area contributed by atoms with E-state index >= 15 is 0 Å². The summed E-state index contributed by atoms with van der Waals surface area (Å²) in [5, 5.41) is 3.05. The normalized spacial score (nSPS) is 18.2. The number of hydrogen-bond donors (Lipinski definition) is 1. The minimum absolute atomic E-state index is 0.171. The van der Waals surface area contributed by atoms with Crippen LogP contribution in [-0.2, 0) is 24.4 Å². The number of nitrogens with one attached hydrogen (secondary N) is 1. The number of hydrogen-bond acceptors (Lipinski definition) is 5. The highest BCUT2D eigenvalue weighted by atomic mass is 16.7. The summed E-state index contributed by atoms with van der Waals surface area (Å²) in [4.78, 5) is 29.3. The molecule has 1 N–H and O–H groups in total. The molecule has 0 fully saturated rings. The first-order chi connectivity index (χ1) is 17.5. The van der Waals surface area contributed by atoms with Crippen LogP contribution in [-0.4, -0.2) is 33.6 Å². The fourth-order valence-electron chi connectivity index (χ4n) is 4.85. The first-order valence-electron chi connectivity index (χ1n) is 11.8. The van der Waals surface area contributed by atoms with Gasteiger partial charge in [0.15, 0.2) is 11.5 Å². The molecule has 2 amide bonds. The molecule has 2 aliphatic heterocycles. The number of nitrogens with zero attached hydrogens (tertiary/aromatic N) is 2. The van der Waals surface area contributed by atoms with E-state index in [0.717, 1.165) is 16.8 Å². The van der Waals surface area contributed by atoms with Crippen molar-refractivity contribution in [2.75, 3.05) is 6.79 Å². The molecule has 0 spiro atoms. The van der Waals surface area contributed by atoms with Crippen LogP contribution in [0.15, 0.2) is 83.5 Å². The zero-order chi connectivity index (χ0) is 24.7. The Balaban J connectivity index is 1.36. The predicted octanol–water partition coefficient (Wildman–Crippen LogP) is 4.21. The predicted molar refractivity (Wildman–Crippen MR) is 131 cm³/mol. The van der Waals surface area contributed by atoms with Crippen molar-refractivity contribution in [1.29, 1.82) is 0 Å². The zero-order valence-electron chi connectivity index (χ0n) is 19.8. The zero-order valence-corrected chi connectivity index (χ0v) is 19.8. The number of carbonyl (C=O) groups is 2. The third-order valence-electron chi connectivity index (χ3n) is 6.84. The van der Waals surface area contributed by atoms with Gasteiger partial charge in [-0.05, 0) is 54.4 Å². The summed E-state index contributed by atoms with van der Waals surface area (Å²) < 4.78 is 18.4. The molecule has 1 unspecified atom stereocenters. The molecule has 182 valence electrons. The van der Waals surface area contributed by atoms with E-state index in [0.29, 0.717) is 29.5 Å². The second-order valence-electron chi connectivity index (χ2n) is 9.19. The Hall–Kier alpha value is -4.46. The Morgan fingerprint density at radius 1 is 0.944 bits per heavy atom. The van der Waals surface area contributed by atoms with Gasteiger partial charge in [0, 0.05) is 13.1 Å². The van der Waals surface area contributed by atoms with Gasteiger partial charge in [0.2, 0.25) is 12.7 Å². The summed E-state index contributed by atoms with van der Waals surface area (Å²) in [6.07, 6.45) is 1.59. The summed E-state index contributed by atoms with van der Waals surface area (Å²) in [6.45, 7) is 2.87. The minimum atomic E-state index is -1.16. The van der Waals surface area contributed by atoms with Crippen molar-refractivity contribution in [3.63, 3.8) is 0 Å². The maximum atomic E-state index is 13.9. The Morgan fingerprint density at radius 3 is 2.56 bits per heavy atom. The van der Waals surface area contributed by atoms with Gasteiger partial charge in [-0.25, -0.2) is 0 Å². The molecule has 36 heavy (non-hydrogen) atoms. The van der Waals surface area contributed by atoms with Crippen LogP contribution in [0.1, 0.15) is 28.5 Å². The number of amides is 2. The van der Waals surface area contributed by atoms with Gasteiger partial charge in [-0.2, -0.15) is 0 Å². The number of carbonyl (C=O) groups excluding carboxylic acids is 2. The van der Waals surface area contributed by atoms with Gasteiger partial charge in [-0.3, -0.25) is 9.59 Å². The standard InChI is InChI=1S/C28H25N3O5/c1-28(27(33)29-15-19-6-3-2-4-7-19)17-30-21(23-8-5-13-34-23)10-11-22(30)26(32)31(28)16-20-9-12-24-25(14-20)36-18-35-24/h2-14H,15-18H2,1H3,(H,29,33). The minimum Gasteiger partial charge on any atom is -0.463 e. The van der Waals surface area contributed by atoms with Gasteiger partial charge in [-0.1, -0.05) is 36.4 Å². The van der Waals surface area contributed by atoms with E-state index in [4.69, 9.17) is 13.9 Å². The molecule has 0 saturated heterocycles. The van der Waals surface area contributed by atoms with Gasteiger partial charge >= 0.3 is 0 Å². The average Bonchev–Trinajstić information content (AvgIpc) is 3.66. The number of fused-ring (bicyclic) bond motifs is 2. The average molecular weight is 484 g/mol. The molecule has 2 aromatic heterocycles. The van der Waals surface area contributed by atoms with E-state index in [2.05, 4.69) is 5.32 Å². The Morgan fingerprint density at radius 2 is 1.75 bits per heavy atom. The van der Waals surface area contributed by atoms with E-state index in [-0.39, 0.29) is 31.7 Å². The van der Waals surface area contributed by atoms with Crippen LogP contribution in [0.4, 0.5) is 0 Å². The van der Waals surface area contributed by atoms with E-state index < -0.39 is 5.54 Å². The molecule has 2 aliphatic rings. The topological polar surface area (TPSA) is 85.9 Å². The first kappa shape index (κ1) is 22.0. The third kappa shape index (κ3) is 3.71. The summed E-state index contributed by atoms with van der Waals surface area (Å²) in [7, 11) is 0. The van der Waals surface area contributed by atoms with E-state index in [1.54, 1.807) is 23.3 Å². The fourth-order valence-corrected chi connectivity index (χ4v) is 4.85. The highest BCUT2D eigenvalue weighted by Crippen LogP contribution is 2.37. The molecule has 0 aliphatic carbocycles.